The summed E-state index contributed by atoms with van der Waals surface area (Å²) in [6.07, 6.45) is 2.14. The summed E-state index contributed by atoms with van der Waals surface area (Å²) in [4.78, 5) is 0. The zero-order valence-electron chi connectivity index (χ0n) is 6.98. The highest BCUT2D eigenvalue weighted by atomic mass is 35.5. The number of rotatable bonds is 1. The van der Waals surface area contributed by atoms with E-state index in [1.807, 2.05) is 12.1 Å². The Labute approximate surface area is 87.4 Å². The fourth-order valence-corrected chi connectivity index (χ4v) is 1.85. The monoisotopic (exact) mass is 213 g/mol. The van der Waals surface area contributed by atoms with Gasteiger partial charge in [-0.1, -0.05) is 41.4 Å². The second kappa shape index (κ2) is 3.70. The number of nitrogens with one attached hydrogen (secondary N) is 1. The van der Waals surface area contributed by atoms with Gasteiger partial charge in [0, 0.05) is 13.1 Å². The second-order valence-corrected chi connectivity index (χ2v) is 3.75. The molecule has 2 rings (SSSR count). The first-order valence-electron chi connectivity index (χ1n) is 4.13. The van der Waals surface area contributed by atoms with Gasteiger partial charge in [-0.2, -0.15) is 0 Å². The first kappa shape index (κ1) is 9.07. The number of hydrogen-bond acceptors (Lipinski definition) is 1. The molecule has 0 radical (unpaired) electrons. The Morgan fingerprint density at radius 3 is 2.77 bits per heavy atom. The summed E-state index contributed by atoms with van der Waals surface area (Å²) in [5.74, 6) is 0. The van der Waals surface area contributed by atoms with Crippen LogP contribution in [0.5, 0.6) is 0 Å². The molecular formula is C10H9Cl2N. The molecule has 68 valence electrons. The third-order valence-electron chi connectivity index (χ3n) is 2.11. The smallest absolute Gasteiger partial charge is 0.0667 e. The minimum absolute atomic E-state index is 0.618. The van der Waals surface area contributed by atoms with Gasteiger partial charge in [-0.05, 0) is 17.2 Å². The van der Waals surface area contributed by atoms with Gasteiger partial charge in [-0.15, -0.1) is 0 Å². The lowest BCUT2D eigenvalue weighted by Crippen LogP contribution is -2.07. The molecule has 1 aromatic rings. The van der Waals surface area contributed by atoms with Crippen molar-refractivity contribution in [1.29, 1.82) is 0 Å². The number of benzene rings is 1. The average Bonchev–Trinajstić information content (AvgIpc) is 2.62. The predicted octanol–water partition coefficient (Wildman–Crippen LogP) is 2.98. The summed E-state index contributed by atoms with van der Waals surface area (Å²) in [6, 6.07) is 5.71. The van der Waals surface area contributed by atoms with E-state index in [-0.39, 0.29) is 0 Å². The normalized spacial score (nSPS) is 16.0. The molecule has 1 aliphatic rings. The van der Waals surface area contributed by atoms with E-state index < -0.39 is 0 Å². The fourth-order valence-electron chi connectivity index (χ4n) is 1.43. The third kappa shape index (κ3) is 1.73. The van der Waals surface area contributed by atoms with Crippen molar-refractivity contribution in [2.45, 2.75) is 0 Å². The van der Waals surface area contributed by atoms with Crippen LogP contribution in [0.1, 0.15) is 5.56 Å². The van der Waals surface area contributed by atoms with Gasteiger partial charge in [-0.3, -0.25) is 0 Å². The zero-order valence-corrected chi connectivity index (χ0v) is 8.49. The van der Waals surface area contributed by atoms with E-state index in [0.29, 0.717) is 10.0 Å². The van der Waals surface area contributed by atoms with Crippen molar-refractivity contribution in [3.05, 3.63) is 39.9 Å². The van der Waals surface area contributed by atoms with Crippen molar-refractivity contribution in [1.82, 2.24) is 5.32 Å². The lowest BCUT2D eigenvalue weighted by molar-refractivity contribution is 0.897. The Kier molecular flexibility index (Phi) is 2.58. The standard InChI is InChI=1S/C10H9Cl2N/c11-9-3-1-2-8(10(9)12)7-4-5-13-6-7/h1-4,13H,5-6H2. The Bertz CT molecular complexity index is 358. The maximum Gasteiger partial charge on any atom is 0.0667 e. The summed E-state index contributed by atoms with van der Waals surface area (Å²) >= 11 is 12.0. The van der Waals surface area contributed by atoms with Crippen molar-refractivity contribution in [2.75, 3.05) is 13.1 Å². The van der Waals surface area contributed by atoms with Gasteiger partial charge in [0.15, 0.2) is 0 Å². The van der Waals surface area contributed by atoms with Crippen LogP contribution in [0.4, 0.5) is 0 Å². The summed E-state index contributed by atoms with van der Waals surface area (Å²) in [5.41, 5.74) is 2.27. The molecule has 1 aromatic carbocycles. The van der Waals surface area contributed by atoms with Crippen molar-refractivity contribution in [3.63, 3.8) is 0 Å². The second-order valence-electron chi connectivity index (χ2n) is 2.96. The minimum atomic E-state index is 0.618. The molecule has 0 aliphatic carbocycles. The van der Waals surface area contributed by atoms with Crippen LogP contribution in [0.25, 0.3) is 5.57 Å². The van der Waals surface area contributed by atoms with E-state index in [2.05, 4.69) is 11.4 Å². The quantitative estimate of drug-likeness (QED) is 0.757. The summed E-state index contributed by atoms with van der Waals surface area (Å²) < 4.78 is 0. The Morgan fingerprint density at radius 2 is 2.08 bits per heavy atom. The van der Waals surface area contributed by atoms with E-state index in [9.17, 15) is 0 Å². The molecule has 1 aliphatic heterocycles. The highest BCUT2D eigenvalue weighted by molar-refractivity contribution is 6.43. The minimum Gasteiger partial charge on any atom is -0.309 e. The first-order chi connectivity index (χ1) is 6.29. The van der Waals surface area contributed by atoms with Crippen molar-refractivity contribution < 1.29 is 0 Å². The van der Waals surface area contributed by atoms with Crippen LogP contribution in [0, 0.1) is 0 Å². The van der Waals surface area contributed by atoms with E-state index in [1.165, 1.54) is 5.57 Å². The predicted molar refractivity (Wildman–Crippen MR) is 57.3 cm³/mol. The fraction of sp³-hybridized carbons (Fsp3) is 0.200. The van der Waals surface area contributed by atoms with Gasteiger partial charge < -0.3 is 5.32 Å². The molecule has 13 heavy (non-hydrogen) atoms. The lowest BCUT2D eigenvalue weighted by Gasteiger charge is -2.05. The van der Waals surface area contributed by atoms with E-state index in [0.717, 1.165) is 18.7 Å². The van der Waals surface area contributed by atoms with Crippen LogP contribution in [0.2, 0.25) is 10.0 Å². The Hall–Kier alpha value is -0.500. The van der Waals surface area contributed by atoms with Crippen molar-refractivity contribution in [2.24, 2.45) is 0 Å². The van der Waals surface area contributed by atoms with Crippen LogP contribution >= 0.6 is 23.2 Å². The first-order valence-corrected chi connectivity index (χ1v) is 4.89. The molecule has 0 unspecified atom stereocenters. The number of hydrogen-bond donors (Lipinski definition) is 1. The molecule has 3 heteroatoms. The third-order valence-corrected chi connectivity index (χ3v) is 2.92. The molecule has 1 nitrogen and oxygen atoms in total. The molecule has 0 bridgehead atoms. The molecule has 1 heterocycles. The average molecular weight is 214 g/mol. The molecule has 0 saturated heterocycles. The summed E-state index contributed by atoms with van der Waals surface area (Å²) in [6.45, 7) is 1.79. The van der Waals surface area contributed by atoms with Gasteiger partial charge >= 0.3 is 0 Å². The Morgan fingerprint density at radius 1 is 1.23 bits per heavy atom. The summed E-state index contributed by atoms with van der Waals surface area (Å²) in [7, 11) is 0. The zero-order chi connectivity index (χ0) is 9.26. The highest BCUT2D eigenvalue weighted by Crippen LogP contribution is 2.30. The van der Waals surface area contributed by atoms with E-state index in [4.69, 9.17) is 23.2 Å². The lowest BCUT2D eigenvalue weighted by atomic mass is 10.1. The van der Waals surface area contributed by atoms with Gasteiger partial charge in [0.25, 0.3) is 0 Å². The molecule has 0 atom stereocenters. The van der Waals surface area contributed by atoms with Crippen LogP contribution < -0.4 is 5.32 Å². The molecule has 0 spiro atoms. The molecule has 0 fully saturated rings. The topological polar surface area (TPSA) is 12.0 Å². The number of halogens is 2. The van der Waals surface area contributed by atoms with Gasteiger partial charge in [0.05, 0.1) is 10.0 Å². The highest BCUT2D eigenvalue weighted by Gasteiger charge is 2.11. The molecule has 0 aromatic heterocycles. The van der Waals surface area contributed by atoms with Crippen LogP contribution in [0.15, 0.2) is 24.3 Å². The maximum atomic E-state index is 6.07. The van der Waals surface area contributed by atoms with Gasteiger partial charge in [0.2, 0.25) is 0 Å². The van der Waals surface area contributed by atoms with Crippen LogP contribution in [-0.2, 0) is 0 Å². The molecule has 1 N–H and O–H groups in total. The van der Waals surface area contributed by atoms with Crippen LogP contribution in [-0.4, -0.2) is 13.1 Å². The van der Waals surface area contributed by atoms with Crippen LogP contribution in [0.3, 0.4) is 0 Å². The molecule has 0 saturated carbocycles. The van der Waals surface area contributed by atoms with Gasteiger partial charge in [0.1, 0.15) is 0 Å². The largest absolute Gasteiger partial charge is 0.309 e. The van der Waals surface area contributed by atoms with Crippen molar-refractivity contribution >= 4 is 28.8 Å². The van der Waals surface area contributed by atoms with Gasteiger partial charge in [-0.25, -0.2) is 0 Å². The maximum absolute atomic E-state index is 6.07. The molecular weight excluding hydrogens is 205 g/mol. The molecule has 0 amide bonds. The van der Waals surface area contributed by atoms with E-state index >= 15 is 0 Å². The Balaban J connectivity index is 2.45. The SMILES string of the molecule is Clc1cccc(C2=CCNC2)c1Cl. The van der Waals surface area contributed by atoms with Crippen molar-refractivity contribution in [3.8, 4) is 0 Å². The van der Waals surface area contributed by atoms with E-state index in [1.54, 1.807) is 6.07 Å². The summed E-state index contributed by atoms with van der Waals surface area (Å²) in [5, 5.41) is 4.49.